The second-order valence-electron chi connectivity index (χ2n) is 4.91. The lowest BCUT2D eigenvalue weighted by Crippen LogP contribution is -2.08. The van der Waals surface area contributed by atoms with Crippen LogP contribution in [0.3, 0.4) is 0 Å². The van der Waals surface area contributed by atoms with Crippen molar-refractivity contribution in [3.05, 3.63) is 70.8 Å². The van der Waals surface area contributed by atoms with E-state index in [1.165, 1.54) is 12.1 Å². The number of hydrogen-bond donors (Lipinski definition) is 0. The van der Waals surface area contributed by atoms with Gasteiger partial charge in [0.05, 0.1) is 17.7 Å². The number of carbonyl (C=O) groups is 1. The molecule has 0 aliphatic heterocycles. The maximum absolute atomic E-state index is 12.6. The maximum Gasteiger partial charge on any atom is 0.416 e. The number of rotatable bonds is 5. The van der Waals surface area contributed by atoms with Gasteiger partial charge in [-0.1, -0.05) is 24.3 Å². The Morgan fingerprint density at radius 3 is 2.30 bits per heavy atom. The summed E-state index contributed by atoms with van der Waals surface area (Å²) < 4.78 is 47.9. The Balaban J connectivity index is 2.03. The maximum atomic E-state index is 12.6. The van der Waals surface area contributed by atoms with E-state index in [4.69, 9.17) is 9.47 Å². The number of esters is 1. The van der Waals surface area contributed by atoms with Crippen LogP contribution in [-0.4, -0.2) is 13.1 Å². The van der Waals surface area contributed by atoms with E-state index >= 15 is 0 Å². The number of methoxy groups -OCH3 is 1. The van der Waals surface area contributed by atoms with Gasteiger partial charge in [0, 0.05) is 7.11 Å². The van der Waals surface area contributed by atoms with Crippen LogP contribution in [0.15, 0.2) is 48.5 Å². The molecule has 0 amide bonds. The quantitative estimate of drug-likeness (QED) is 0.773. The topological polar surface area (TPSA) is 35.5 Å². The summed E-state index contributed by atoms with van der Waals surface area (Å²) in [5, 5.41) is 0. The standard InChI is InChI=1S/C17H15F3O3/c1-22-10-12-4-2-6-14(8-12)16(21)23-11-13-5-3-7-15(9-13)17(18,19)20/h2-9H,10-11H2,1H3. The summed E-state index contributed by atoms with van der Waals surface area (Å²) in [6, 6.07) is 11.4. The van der Waals surface area contributed by atoms with Crippen LogP contribution in [0.5, 0.6) is 0 Å². The van der Waals surface area contributed by atoms with Crippen LogP contribution in [0, 0.1) is 0 Å². The lowest BCUT2D eigenvalue weighted by Gasteiger charge is -2.10. The number of halogens is 3. The Kier molecular flexibility index (Phi) is 5.39. The van der Waals surface area contributed by atoms with Crippen molar-refractivity contribution in [1.29, 1.82) is 0 Å². The molecule has 2 aromatic rings. The van der Waals surface area contributed by atoms with Gasteiger partial charge in [-0.3, -0.25) is 0 Å². The Morgan fingerprint density at radius 2 is 1.65 bits per heavy atom. The molecule has 0 spiro atoms. The number of carbonyl (C=O) groups excluding carboxylic acids is 1. The predicted octanol–water partition coefficient (Wildman–Crippen LogP) is 4.21. The summed E-state index contributed by atoms with van der Waals surface area (Å²) in [6.07, 6.45) is -4.42. The van der Waals surface area contributed by atoms with E-state index in [2.05, 4.69) is 0 Å². The summed E-state index contributed by atoms with van der Waals surface area (Å²) in [7, 11) is 1.54. The van der Waals surface area contributed by atoms with E-state index < -0.39 is 17.7 Å². The van der Waals surface area contributed by atoms with Crippen molar-refractivity contribution in [2.75, 3.05) is 7.11 Å². The minimum Gasteiger partial charge on any atom is -0.457 e. The molecule has 0 N–H and O–H groups in total. The van der Waals surface area contributed by atoms with Crippen molar-refractivity contribution in [1.82, 2.24) is 0 Å². The second kappa shape index (κ2) is 7.28. The molecule has 0 fully saturated rings. The highest BCUT2D eigenvalue weighted by Gasteiger charge is 2.30. The normalized spacial score (nSPS) is 11.3. The molecule has 2 aromatic carbocycles. The third-order valence-electron chi connectivity index (χ3n) is 3.10. The van der Waals surface area contributed by atoms with Crippen LogP contribution < -0.4 is 0 Å². The van der Waals surface area contributed by atoms with Gasteiger partial charge in [-0.15, -0.1) is 0 Å². The molecule has 0 unspecified atom stereocenters. The van der Waals surface area contributed by atoms with Crippen molar-refractivity contribution in [2.45, 2.75) is 19.4 Å². The molecule has 23 heavy (non-hydrogen) atoms. The highest BCUT2D eigenvalue weighted by Crippen LogP contribution is 2.29. The molecule has 0 bridgehead atoms. The molecule has 0 saturated carbocycles. The molecular weight excluding hydrogens is 309 g/mol. The van der Waals surface area contributed by atoms with E-state index in [9.17, 15) is 18.0 Å². The zero-order valence-electron chi connectivity index (χ0n) is 12.4. The molecule has 3 nitrogen and oxygen atoms in total. The number of alkyl halides is 3. The first-order chi connectivity index (χ1) is 10.9. The van der Waals surface area contributed by atoms with Crippen LogP contribution in [0.4, 0.5) is 13.2 Å². The molecule has 0 atom stereocenters. The van der Waals surface area contributed by atoms with Crippen molar-refractivity contribution in [2.24, 2.45) is 0 Å². The van der Waals surface area contributed by atoms with Gasteiger partial charge < -0.3 is 9.47 Å². The fourth-order valence-electron chi connectivity index (χ4n) is 2.02. The number of hydrogen-bond acceptors (Lipinski definition) is 3. The van der Waals surface area contributed by atoms with Crippen LogP contribution >= 0.6 is 0 Å². The average molecular weight is 324 g/mol. The smallest absolute Gasteiger partial charge is 0.416 e. The Labute approximate surface area is 131 Å². The van der Waals surface area contributed by atoms with Gasteiger partial charge in [-0.2, -0.15) is 13.2 Å². The van der Waals surface area contributed by atoms with Crippen LogP contribution in [0.1, 0.15) is 27.0 Å². The predicted molar refractivity (Wildman–Crippen MR) is 77.7 cm³/mol. The number of ether oxygens (including phenoxy) is 2. The second-order valence-corrected chi connectivity index (χ2v) is 4.91. The molecule has 0 aromatic heterocycles. The van der Waals surface area contributed by atoms with Crippen molar-refractivity contribution in [3.8, 4) is 0 Å². The van der Waals surface area contributed by atoms with Crippen molar-refractivity contribution < 1.29 is 27.4 Å². The highest BCUT2D eigenvalue weighted by atomic mass is 19.4. The largest absolute Gasteiger partial charge is 0.457 e. The summed E-state index contributed by atoms with van der Waals surface area (Å²) in [5.74, 6) is -0.597. The van der Waals surface area contributed by atoms with E-state index in [1.54, 1.807) is 31.4 Å². The van der Waals surface area contributed by atoms with Crippen molar-refractivity contribution in [3.63, 3.8) is 0 Å². The van der Waals surface area contributed by atoms with Gasteiger partial charge in [0.1, 0.15) is 6.61 Å². The van der Waals surface area contributed by atoms with Crippen LogP contribution in [-0.2, 0) is 28.9 Å². The fourth-order valence-corrected chi connectivity index (χ4v) is 2.02. The van der Waals surface area contributed by atoms with Crippen LogP contribution in [0.2, 0.25) is 0 Å². The molecule has 6 heteroatoms. The van der Waals surface area contributed by atoms with E-state index in [1.807, 2.05) is 0 Å². The molecule has 0 heterocycles. The minimum absolute atomic E-state index is 0.225. The molecule has 0 radical (unpaired) electrons. The average Bonchev–Trinajstić information content (AvgIpc) is 2.53. The zero-order chi connectivity index (χ0) is 16.9. The first-order valence-corrected chi connectivity index (χ1v) is 6.81. The van der Waals surface area contributed by atoms with Gasteiger partial charge in [-0.25, -0.2) is 4.79 Å². The van der Waals surface area contributed by atoms with Gasteiger partial charge >= 0.3 is 12.1 Å². The molecule has 122 valence electrons. The Bertz CT molecular complexity index is 681. The summed E-state index contributed by atoms with van der Waals surface area (Å²) in [4.78, 5) is 12.0. The van der Waals surface area contributed by atoms with Crippen LogP contribution in [0.25, 0.3) is 0 Å². The van der Waals surface area contributed by atoms with Crippen molar-refractivity contribution >= 4 is 5.97 Å². The van der Waals surface area contributed by atoms with Gasteiger partial charge in [0.2, 0.25) is 0 Å². The zero-order valence-corrected chi connectivity index (χ0v) is 12.4. The third kappa shape index (κ3) is 4.82. The van der Waals surface area contributed by atoms with E-state index in [0.717, 1.165) is 17.7 Å². The summed E-state index contributed by atoms with van der Waals surface area (Å²) >= 11 is 0. The molecule has 0 aliphatic carbocycles. The highest BCUT2D eigenvalue weighted by molar-refractivity contribution is 5.89. The monoisotopic (exact) mass is 324 g/mol. The van der Waals surface area contributed by atoms with Gasteiger partial charge in [-0.05, 0) is 35.4 Å². The third-order valence-corrected chi connectivity index (χ3v) is 3.10. The van der Waals surface area contributed by atoms with Gasteiger partial charge in [0.15, 0.2) is 0 Å². The molecule has 0 saturated heterocycles. The van der Waals surface area contributed by atoms with E-state index in [-0.39, 0.29) is 12.2 Å². The fraction of sp³-hybridized carbons (Fsp3) is 0.235. The SMILES string of the molecule is COCc1cccc(C(=O)OCc2cccc(C(F)(F)F)c2)c1. The Hall–Kier alpha value is -2.34. The summed E-state index contributed by atoms with van der Waals surface area (Å²) in [5.41, 5.74) is 0.641. The molecule has 2 rings (SSSR count). The lowest BCUT2D eigenvalue weighted by atomic mass is 10.1. The number of benzene rings is 2. The lowest BCUT2D eigenvalue weighted by molar-refractivity contribution is -0.137. The first kappa shape index (κ1) is 17.0. The van der Waals surface area contributed by atoms with E-state index in [0.29, 0.717) is 12.2 Å². The van der Waals surface area contributed by atoms with Gasteiger partial charge in [0.25, 0.3) is 0 Å². The Morgan fingerprint density at radius 1 is 1.00 bits per heavy atom. The summed E-state index contributed by atoms with van der Waals surface area (Å²) in [6.45, 7) is 0.131. The first-order valence-electron chi connectivity index (χ1n) is 6.81. The minimum atomic E-state index is -4.42. The molecular formula is C17H15F3O3. The molecule has 0 aliphatic rings.